The molecule has 3 nitrogen and oxygen atoms in total. The Bertz CT molecular complexity index is 612. The Hall–Kier alpha value is -1.77. The molecule has 0 heterocycles. The normalized spacial score (nSPS) is 21.4. The van der Waals surface area contributed by atoms with Crippen LogP contribution in [0.25, 0.3) is 0 Å². The van der Waals surface area contributed by atoms with Gasteiger partial charge in [0.15, 0.2) is 0 Å². The topological polar surface area (TPSA) is 57.5 Å². The van der Waals surface area contributed by atoms with Crippen molar-refractivity contribution < 1.29 is 15.0 Å². The van der Waals surface area contributed by atoms with Gasteiger partial charge in [0, 0.05) is 17.0 Å². The van der Waals surface area contributed by atoms with Crippen molar-refractivity contribution in [2.75, 3.05) is 0 Å². The molecule has 126 valence electrons. The first-order chi connectivity index (χ1) is 10.9. The van der Waals surface area contributed by atoms with Crippen LogP contribution >= 0.6 is 0 Å². The van der Waals surface area contributed by atoms with Crippen molar-refractivity contribution in [3.63, 3.8) is 0 Å². The van der Waals surface area contributed by atoms with Gasteiger partial charge in [-0.05, 0) is 69.9 Å². The highest BCUT2D eigenvalue weighted by Gasteiger charge is 2.35. The average molecular weight is 316 g/mol. The van der Waals surface area contributed by atoms with Gasteiger partial charge in [-0.3, -0.25) is 0 Å². The zero-order valence-electron chi connectivity index (χ0n) is 14.6. The van der Waals surface area contributed by atoms with Crippen LogP contribution in [-0.2, 0) is 4.79 Å². The summed E-state index contributed by atoms with van der Waals surface area (Å²) in [7, 11) is 0. The van der Waals surface area contributed by atoms with Gasteiger partial charge >= 0.3 is 0 Å². The number of carbonyl (C=O) groups excluding carboxylic acids is 1. The molecule has 3 atom stereocenters. The van der Waals surface area contributed by atoms with Crippen molar-refractivity contribution in [3.05, 3.63) is 34.4 Å². The largest absolute Gasteiger partial charge is 0.508 e. The number of hydrogen-bond donors (Lipinski definition) is 2. The van der Waals surface area contributed by atoms with E-state index in [0.717, 1.165) is 43.1 Å². The van der Waals surface area contributed by atoms with Crippen molar-refractivity contribution in [3.8, 4) is 11.5 Å². The van der Waals surface area contributed by atoms with Crippen molar-refractivity contribution in [2.24, 2.45) is 5.92 Å². The van der Waals surface area contributed by atoms with Crippen LogP contribution in [0, 0.1) is 12.8 Å². The highest BCUT2D eigenvalue weighted by molar-refractivity contribution is 5.62. The molecule has 0 fully saturated rings. The van der Waals surface area contributed by atoms with E-state index in [1.165, 1.54) is 5.57 Å². The molecule has 1 aliphatic carbocycles. The van der Waals surface area contributed by atoms with Crippen molar-refractivity contribution >= 4 is 6.29 Å². The number of aromatic hydroxyl groups is 2. The molecule has 0 unspecified atom stereocenters. The summed E-state index contributed by atoms with van der Waals surface area (Å²) in [6.07, 6.45) is 6.63. The summed E-state index contributed by atoms with van der Waals surface area (Å²) in [4.78, 5) is 11.7. The highest BCUT2D eigenvalue weighted by atomic mass is 16.3. The van der Waals surface area contributed by atoms with Crippen molar-refractivity contribution in [1.82, 2.24) is 0 Å². The first kappa shape index (κ1) is 17.6. The maximum atomic E-state index is 11.7. The molecule has 0 saturated carbocycles. The average Bonchev–Trinajstić information content (AvgIpc) is 2.49. The Morgan fingerprint density at radius 3 is 2.61 bits per heavy atom. The highest BCUT2D eigenvalue weighted by Crippen LogP contribution is 2.50. The molecule has 3 heteroatoms. The lowest BCUT2D eigenvalue weighted by molar-refractivity contribution is -0.112. The Kier molecular flexibility index (Phi) is 5.51. The number of fused-ring (bicyclic) bond motifs is 1. The lowest BCUT2D eigenvalue weighted by Crippen LogP contribution is -2.22. The van der Waals surface area contributed by atoms with E-state index >= 15 is 0 Å². The van der Waals surface area contributed by atoms with E-state index in [0.29, 0.717) is 5.56 Å². The van der Waals surface area contributed by atoms with Gasteiger partial charge in [-0.1, -0.05) is 18.6 Å². The van der Waals surface area contributed by atoms with Gasteiger partial charge in [0.25, 0.3) is 0 Å². The maximum absolute atomic E-state index is 11.7. The Labute approximate surface area is 139 Å². The zero-order valence-corrected chi connectivity index (χ0v) is 14.6. The number of aldehydes is 1. The maximum Gasteiger partial charge on any atom is 0.123 e. The fraction of sp³-hybridized carbons (Fsp3) is 0.550. The Morgan fingerprint density at radius 1 is 1.30 bits per heavy atom. The van der Waals surface area contributed by atoms with E-state index in [4.69, 9.17) is 0 Å². The summed E-state index contributed by atoms with van der Waals surface area (Å²) in [5.74, 6) is 0.585. The first-order valence-electron chi connectivity index (χ1n) is 8.50. The van der Waals surface area contributed by atoms with Gasteiger partial charge in [0.2, 0.25) is 0 Å². The van der Waals surface area contributed by atoms with Gasteiger partial charge in [-0.25, -0.2) is 0 Å². The second-order valence-corrected chi connectivity index (χ2v) is 7.13. The van der Waals surface area contributed by atoms with E-state index in [-0.39, 0.29) is 29.3 Å². The minimum atomic E-state index is -0.121. The molecule has 23 heavy (non-hydrogen) atoms. The van der Waals surface area contributed by atoms with Crippen LogP contribution in [0.3, 0.4) is 0 Å². The minimum Gasteiger partial charge on any atom is -0.508 e. The van der Waals surface area contributed by atoms with Crippen molar-refractivity contribution in [1.29, 1.82) is 0 Å². The minimum absolute atomic E-state index is 0.00457. The predicted molar refractivity (Wildman–Crippen MR) is 93.1 cm³/mol. The lowest BCUT2D eigenvalue weighted by atomic mass is 9.70. The SMILES string of the molecule is CC(C)=CCC[C@H](C=O)[C@@H]1CC[C@@H](C)c2c(O)cc(C)c(O)c21. The molecule has 1 aromatic rings. The van der Waals surface area contributed by atoms with E-state index in [9.17, 15) is 15.0 Å². The second kappa shape index (κ2) is 7.20. The summed E-state index contributed by atoms with van der Waals surface area (Å²) >= 11 is 0. The third-order valence-electron chi connectivity index (χ3n) is 5.07. The Morgan fingerprint density at radius 2 is 2.00 bits per heavy atom. The van der Waals surface area contributed by atoms with Crippen LogP contribution in [0.5, 0.6) is 11.5 Å². The number of allylic oxidation sites excluding steroid dienone is 2. The van der Waals surface area contributed by atoms with Gasteiger partial charge in [0.1, 0.15) is 17.8 Å². The number of phenols is 2. The zero-order chi connectivity index (χ0) is 17.1. The Balaban J connectivity index is 2.40. The number of benzene rings is 1. The molecule has 0 radical (unpaired) electrons. The molecular weight excluding hydrogens is 288 g/mol. The molecule has 1 aromatic carbocycles. The molecule has 0 spiro atoms. The number of aryl methyl sites for hydroxylation is 1. The number of rotatable bonds is 5. The van der Waals surface area contributed by atoms with Gasteiger partial charge in [-0.15, -0.1) is 0 Å². The smallest absolute Gasteiger partial charge is 0.123 e. The molecule has 1 aliphatic rings. The molecular formula is C20H28O3. The molecule has 0 aliphatic heterocycles. The summed E-state index contributed by atoms with van der Waals surface area (Å²) in [6.45, 7) is 7.98. The predicted octanol–water partition coefficient (Wildman–Crippen LogP) is 4.95. The van der Waals surface area contributed by atoms with E-state index in [1.807, 2.05) is 0 Å². The molecule has 0 saturated heterocycles. The summed E-state index contributed by atoms with van der Waals surface area (Å²) in [6, 6.07) is 1.63. The number of hydrogen-bond acceptors (Lipinski definition) is 3. The number of phenolic OH excluding ortho intramolecular Hbond substituents is 2. The van der Waals surface area contributed by atoms with Crippen LogP contribution in [0.4, 0.5) is 0 Å². The number of carbonyl (C=O) groups is 1. The van der Waals surface area contributed by atoms with Crippen LogP contribution in [-0.4, -0.2) is 16.5 Å². The van der Waals surface area contributed by atoms with Gasteiger partial charge < -0.3 is 15.0 Å². The third-order valence-corrected chi connectivity index (χ3v) is 5.07. The molecule has 0 aromatic heterocycles. The fourth-order valence-corrected chi connectivity index (χ4v) is 3.80. The first-order valence-corrected chi connectivity index (χ1v) is 8.50. The van der Waals surface area contributed by atoms with Gasteiger partial charge in [0.05, 0.1) is 0 Å². The van der Waals surface area contributed by atoms with E-state index < -0.39 is 0 Å². The standard InChI is InChI=1S/C20H28O3/c1-12(2)6-5-7-15(11-21)16-9-8-13(3)18-17(22)10-14(4)20(23)19(16)18/h6,10-11,13,15-16,22-23H,5,7-9H2,1-4H3/t13-,15-,16+/m1/s1. The summed E-state index contributed by atoms with van der Waals surface area (Å²) in [5.41, 5.74) is 3.56. The van der Waals surface area contributed by atoms with Gasteiger partial charge in [-0.2, -0.15) is 0 Å². The van der Waals surface area contributed by atoms with Crippen LogP contribution < -0.4 is 0 Å². The van der Waals surface area contributed by atoms with Crippen molar-refractivity contribution in [2.45, 2.75) is 65.2 Å². The molecule has 0 bridgehead atoms. The van der Waals surface area contributed by atoms with E-state index in [2.05, 4.69) is 26.8 Å². The second-order valence-electron chi connectivity index (χ2n) is 7.13. The summed E-state index contributed by atoms with van der Waals surface area (Å²) < 4.78 is 0. The lowest BCUT2D eigenvalue weighted by Gasteiger charge is -2.34. The molecule has 2 rings (SSSR count). The van der Waals surface area contributed by atoms with Crippen LogP contribution in [0.1, 0.15) is 75.0 Å². The fourth-order valence-electron chi connectivity index (χ4n) is 3.80. The molecule has 2 N–H and O–H groups in total. The summed E-state index contributed by atoms with van der Waals surface area (Å²) in [5, 5.41) is 20.9. The monoisotopic (exact) mass is 316 g/mol. The van der Waals surface area contributed by atoms with Crippen LogP contribution in [0.2, 0.25) is 0 Å². The third kappa shape index (κ3) is 3.60. The van der Waals surface area contributed by atoms with E-state index in [1.54, 1.807) is 13.0 Å². The quantitative estimate of drug-likeness (QED) is 0.459. The molecule has 0 amide bonds. The van der Waals surface area contributed by atoms with Crippen LogP contribution in [0.15, 0.2) is 17.7 Å².